The smallest absolute Gasteiger partial charge is 0.0624 e. The Morgan fingerprint density at radius 2 is 1.64 bits per heavy atom. The molecule has 0 aliphatic rings. The average Bonchev–Trinajstić information content (AvgIpc) is 1.83. The van der Waals surface area contributed by atoms with Gasteiger partial charge in [-0.05, 0) is 32.6 Å². The van der Waals surface area contributed by atoms with Crippen LogP contribution in [0.2, 0.25) is 0 Å². The lowest BCUT2D eigenvalue weighted by molar-refractivity contribution is -0.0469. The monoisotopic (exact) mass is 157 g/mol. The molecule has 1 heteroatoms. The van der Waals surface area contributed by atoms with Crippen molar-refractivity contribution in [2.75, 3.05) is 6.61 Å². The molecule has 0 aliphatic heterocycles. The third-order valence-corrected chi connectivity index (χ3v) is 1.71. The molecule has 0 atom stereocenters. The molecule has 0 saturated heterocycles. The third kappa shape index (κ3) is 6.36. The van der Waals surface area contributed by atoms with Crippen molar-refractivity contribution in [1.29, 1.82) is 0 Å². The SMILES string of the molecule is [CH2]C(C)(C)COC(C)(C)CC. The Bertz CT molecular complexity index is 109. The highest BCUT2D eigenvalue weighted by atomic mass is 16.5. The average molecular weight is 157 g/mol. The normalized spacial score (nSPS) is 13.6. The molecule has 1 radical (unpaired) electrons. The maximum atomic E-state index is 5.68. The van der Waals surface area contributed by atoms with E-state index in [4.69, 9.17) is 4.74 Å². The molecule has 0 amide bonds. The maximum Gasteiger partial charge on any atom is 0.0624 e. The predicted octanol–water partition coefficient (Wildman–Crippen LogP) is 3.05. The first-order chi connectivity index (χ1) is 4.77. The summed E-state index contributed by atoms with van der Waals surface area (Å²) in [6.07, 6.45) is 1.04. The second-order valence-electron chi connectivity index (χ2n) is 4.57. The second-order valence-corrected chi connectivity index (χ2v) is 4.57. The van der Waals surface area contributed by atoms with Crippen LogP contribution >= 0.6 is 0 Å². The van der Waals surface area contributed by atoms with Gasteiger partial charge in [0.25, 0.3) is 0 Å². The van der Waals surface area contributed by atoms with Gasteiger partial charge >= 0.3 is 0 Å². The molecule has 11 heavy (non-hydrogen) atoms. The van der Waals surface area contributed by atoms with E-state index < -0.39 is 0 Å². The van der Waals surface area contributed by atoms with E-state index in [2.05, 4.69) is 41.5 Å². The summed E-state index contributed by atoms with van der Waals surface area (Å²) >= 11 is 0. The summed E-state index contributed by atoms with van der Waals surface area (Å²) in [5, 5.41) is 0. The summed E-state index contributed by atoms with van der Waals surface area (Å²) < 4.78 is 5.68. The molecule has 0 aliphatic carbocycles. The number of rotatable bonds is 4. The van der Waals surface area contributed by atoms with Crippen molar-refractivity contribution in [3.63, 3.8) is 0 Å². The minimum absolute atomic E-state index is 0.00889. The largest absolute Gasteiger partial charge is 0.375 e. The number of ether oxygens (including phenoxy) is 1. The minimum atomic E-state index is 0.00889. The molecule has 0 aromatic heterocycles. The molecule has 0 rings (SSSR count). The van der Waals surface area contributed by atoms with Crippen LogP contribution in [0.3, 0.4) is 0 Å². The van der Waals surface area contributed by atoms with Crippen LogP contribution in [0.15, 0.2) is 0 Å². The molecule has 1 nitrogen and oxygen atoms in total. The highest BCUT2D eigenvalue weighted by molar-refractivity contribution is 4.73. The van der Waals surface area contributed by atoms with Gasteiger partial charge in [0.15, 0.2) is 0 Å². The molecule has 0 heterocycles. The Balaban J connectivity index is 3.70. The fraction of sp³-hybridized carbons (Fsp3) is 0.900. The van der Waals surface area contributed by atoms with E-state index in [-0.39, 0.29) is 11.0 Å². The van der Waals surface area contributed by atoms with Crippen LogP contribution in [0, 0.1) is 12.3 Å². The van der Waals surface area contributed by atoms with Gasteiger partial charge in [-0.1, -0.05) is 20.8 Å². The Morgan fingerprint density at radius 3 is 1.91 bits per heavy atom. The first-order valence-electron chi connectivity index (χ1n) is 4.26. The van der Waals surface area contributed by atoms with Gasteiger partial charge in [0, 0.05) is 0 Å². The van der Waals surface area contributed by atoms with Crippen molar-refractivity contribution in [1.82, 2.24) is 0 Å². The Labute approximate surface area is 71.1 Å². The topological polar surface area (TPSA) is 9.23 Å². The van der Waals surface area contributed by atoms with Crippen molar-refractivity contribution >= 4 is 0 Å². The fourth-order valence-electron chi connectivity index (χ4n) is 0.493. The first kappa shape index (κ1) is 11.0. The van der Waals surface area contributed by atoms with Crippen LogP contribution in [0.4, 0.5) is 0 Å². The number of hydrogen-bond acceptors (Lipinski definition) is 1. The summed E-state index contributed by atoms with van der Waals surface area (Å²) in [5.41, 5.74) is 0.0431. The van der Waals surface area contributed by atoms with Gasteiger partial charge in [0.1, 0.15) is 0 Å². The van der Waals surface area contributed by atoms with Gasteiger partial charge < -0.3 is 4.74 Å². The molecule has 0 bridgehead atoms. The van der Waals surface area contributed by atoms with Crippen LogP contribution in [-0.2, 0) is 4.74 Å². The van der Waals surface area contributed by atoms with E-state index in [9.17, 15) is 0 Å². The van der Waals surface area contributed by atoms with Crippen LogP contribution in [-0.4, -0.2) is 12.2 Å². The summed E-state index contributed by atoms with van der Waals surface area (Å²) in [4.78, 5) is 0. The van der Waals surface area contributed by atoms with Crippen molar-refractivity contribution in [2.45, 2.75) is 46.6 Å². The summed E-state index contributed by atoms with van der Waals surface area (Å²) in [6, 6.07) is 0. The van der Waals surface area contributed by atoms with E-state index in [1.807, 2.05) is 0 Å². The zero-order chi connectivity index (χ0) is 9.12. The molecule has 0 N–H and O–H groups in total. The quantitative estimate of drug-likeness (QED) is 0.609. The maximum absolute atomic E-state index is 5.68. The van der Waals surface area contributed by atoms with Gasteiger partial charge in [0.2, 0.25) is 0 Å². The fourth-order valence-corrected chi connectivity index (χ4v) is 0.493. The highest BCUT2D eigenvalue weighted by Crippen LogP contribution is 2.20. The van der Waals surface area contributed by atoms with Gasteiger partial charge in [-0.3, -0.25) is 0 Å². The van der Waals surface area contributed by atoms with E-state index in [0.717, 1.165) is 13.0 Å². The minimum Gasteiger partial charge on any atom is -0.375 e. The highest BCUT2D eigenvalue weighted by Gasteiger charge is 2.19. The van der Waals surface area contributed by atoms with Crippen molar-refractivity contribution < 1.29 is 4.74 Å². The van der Waals surface area contributed by atoms with Crippen molar-refractivity contribution in [2.24, 2.45) is 5.41 Å². The second kappa shape index (κ2) is 3.57. The molecular weight excluding hydrogens is 136 g/mol. The first-order valence-corrected chi connectivity index (χ1v) is 4.26. The van der Waals surface area contributed by atoms with Crippen LogP contribution < -0.4 is 0 Å². The lowest BCUT2D eigenvalue weighted by Crippen LogP contribution is -2.28. The van der Waals surface area contributed by atoms with Gasteiger partial charge in [0.05, 0.1) is 12.2 Å². The lowest BCUT2D eigenvalue weighted by Gasteiger charge is -2.28. The molecular formula is C10H21O. The summed E-state index contributed by atoms with van der Waals surface area (Å²) in [5.74, 6) is 0. The number of hydrogen-bond donors (Lipinski definition) is 0. The molecule has 0 unspecified atom stereocenters. The van der Waals surface area contributed by atoms with Gasteiger partial charge in [-0.2, -0.15) is 0 Å². The van der Waals surface area contributed by atoms with Crippen LogP contribution in [0.5, 0.6) is 0 Å². The summed E-state index contributed by atoms with van der Waals surface area (Å²) in [6.45, 7) is 15.2. The van der Waals surface area contributed by atoms with E-state index in [1.165, 1.54) is 0 Å². The molecule has 0 saturated carbocycles. The lowest BCUT2D eigenvalue weighted by atomic mass is 9.97. The molecule has 0 aromatic carbocycles. The molecule has 0 fully saturated rings. The third-order valence-electron chi connectivity index (χ3n) is 1.71. The predicted molar refractivity (Wildman–Crippen MR) is 49.5 cm³/mol. The van der Waals surface area contributed by atoms with Gasteiger partial charge in [-0.15, -0.1) is 0 Å². The van der Waals surface area contributed by atoms with Crippen molar-refractivity contribution in [3.8, 4) is 0 Å². The molecule has 0 spiro atoms. The summed E-state index contributed by atoms with van der Waals surface area (Å²) in [7, 11) is 0. The molecule has 67 valence electrons. The zero-order valence-electron chi connectivity index (χ0n) is 8.53. The van der Waals surface area contributed by atoms with Gasteiger partial charge in [-0.25, -0.2) is 0 Å². The van der Waals surface area contributed by atoms with E-state index in [1.54, 1.807) is 0 Å². The van der Waals surface area contributed by atoms with Crippen LogP contribution in [0.1, 0.15) is 41.0 Å². The Morgan fingerprint density at radius 1 is 1.18 bits per heavy atom. The van der Waals surface area contributed by atoms with Crippen molar-refractivity contribution in [3.05, 3.63) is 6.92 Å². The van der Waals surface area contributed by atoms with E-state index in [0.29, 0.717) is 0 Å². The van der Waals surface area contributed by atoms with Crippen LogP contribution in [0.25, 0.3) is 0 Å². The Kier molecular flexibility index (Phi) is 3.56. The molecule has 0 aromatic rings. The Hall–Kier alpha value is -0.0400. The standard InChI is InChI=1S/C10H21O/c1-7-10(5,6)11-8-9(2,3)4/h2,7-8H2,1,3-6H3. The zero-order valence-corrected chi connectivity index (χ0v) is 8.53. The van der Waals surface area contributed by atoms with E-state index >= 15 is 0 Å².